The summed E-state index contributed by atoms with van der Waals surface area (Å²) in [5.74, 6) is 0.0497. The van der Waals surface area contributed by atoms with E-state index in [2.05, 4.69) is 26.6 Å². The zero-order valence-corrected chi connectivity index (χ0v) is 20.6. The number of ether oxygens (including phenoxy) is 1. The predicted molar refractivity (Wildman–Crippen MR) is 142 cm³/mol. The highest BCUT2D eigenvalue weighted by Gasteiger charge is 2.14. The molecule has 0 aliphatic carbocycles. The molecule has 0 radical (unpaired) electrons. The molecule has 5 nitrogen and oxygen atoms in total. The molecule has 4 rings (SSSR count). The molecule has 0 aromatic heterocycles. The van der Waals surface area contributed by atoms with Gasteiger partial charge in [-0.1, -0.05) is 76.6 Å². The monoisotopic (exact) mass is 528 g/mol. The first-order valence-electron chi connectivity index (χ1n) is 11.3. The highest BCUT2D eigenvalue weighted by Crippen LogP contribution is 2.25. The lowest BCUT2D eigenvalue weighted by molar-refractivity contribution is 0.0950. The Bertz CT molecular complexity index is 1280. The number of amides is 2. The Balaban J connectivity index is 1.36. The van der Waals surface area contributed by atoms with Crippen molar-refractivity contribution >= 4 is 33.4 Å². The van der Waals surface area contributed by atoms with Crippen molar-refractivity contribution in [1.29, 1.82) is 0 Å². The molecule has 6 heteroatoms. The van der Waals surface area contributed by atoms with Crippen LogP contribution in [-0.2, 0) is 13.0 Å². The highest BCUT2D eigenvalue weighted by atomic mass is 79.9. The minimum Gasteiger partial charge on any atom is -0.492 e. The summed E-state index contributed by atoms with van der Waals surface area (Å²) in [6.45, 7) is 0.910. The standard InChI is InChI=1S/C29H25BrN2O3/c30-24-13-16-27(35-18-17-21-7-3-1-4-8-21)26(19-24)29(34)32-25-14-11-23(12-15-25)28(33)31-20-22-9-5-2-6-10-22/h1-16,19H,17-18,20H2,(H,31,33)(H,32,34). The maximum absolute atomic E-state index is 13.0. The number of hydrogen-bond donors (Lipinski definition) is 2. The molecule has 4 aromatic rings. The van der Waals surface area contributed by atoms with Crippen molar-refractivity contribution in [3.8, 4) is 5.75 Å². The van der Waals surface area contributed by atoms with E-state index in [1.54, 1.807) is 36.4 Å². The number of carbonyl (C=O) groups excluding carboxylic acids is 2. The van der Waals surface area contributed by atoms with E-state index in [4.69, 9.17) is 4.74 Å². The summed E-state index contributed by atoms with van der Waals surface area (Å²) in [7, 11) is 0. The number of rotatable bonds is 9. The van der Waals surface area contributed by atoms with E-state index in [0.29, 0.717) is 35.7 Å². The van der Waals surface area contributed by atoms with Crippen LogP contribution in [0.2, 0.25) is 0 Å². The Kier molecular flexibility index (Phi) is 8.30. The topological polar surface area (TPSA) is 67.4 Å². The summed E-state index contributed by atoms with van der Waals surface area (Å²) < 4.78 is 6.72. The summed E-state index contributed by atoms with van der Waals surface area (Å²) in [4.78, 5) is 25.4. The van der Waals surface area contributed by atoms with Gasteiger partial charge in [-0.15, -0.1) is 0 Å². The Morgan fingerprint density at radius 2 is 1.40 bits per heavy atom. The van der Waals surface area contributed by atoms with Gasteiger partial charge in [-0.2, -0.15) is 0 Å². The van der Waals surface area contributed by atoms with Gasteiger partial charge in [0.25, 0.3) is 11.8 Å². The minimum atomic E-state index is -0.290. The molecule has 35 heavy (non-hydrogen) atoms. The molecular formula is C29H25BrN2O3. The van der Waals surface area contributed by atoms with E-state index in [1.165, 1.54) is 5.56 Å². The van der Waals surface area contributed by atoms with Crippen LogP contribution < -0.4 is 15.4 Å². The van der Waals surface area contributed by atoms with Crippen molar-refractivity contribution in [2.75, 3.05) is 11.9 Å². The van der Waals surface area contributed by atoms with Gasteiger partial charge < -0.3 is 15.4 Å². The third-order valence-electron chi connectivity index (χ3n) is 5.38. The predicted octanol–water partition coefficient (Wildman–Crippen LogP) is 6.25. The fourth-order valence-corrected chi connectivity index (χ4v) is 3.87. The molecule has 2 N–H and O–H groups in total. The summed E-state index contributed by atoms with van der Waals surface area (Å²) in [5.41, 5.74) is 3.73. The lowest BCUT2D eigenvalue weighted by Gasteiger charge is -2.13. The normalized spacial score (nSPS) is 10.4. The summed E-state index contributed by atoms with van der Waals surface area (Å²) >= 11 is 3.43. The zero-order chi connectivity index (χ0) is 24.5. The Morgan fingerprint density at radius 3 is 2.09 bits per heavy atom. The van der Waals surface area contributed by atoms with Crippen LogP contribution in [0.1, 0.15) is 31.8 Å². The highest BCUT2D eigenvalue weighted by molar-refractivity contribution is 9.10. The van der Waals surface area contributed by atoms with E-state index in [9.17, 15) is 9.59 Å². The van der Waals surface area contributed by atoms with E-state index in [0.717, 1.165) is 16.5 Å². The van der Waals surface area contributed by atoms with Gasteiger partial charge in [-0.3, -0.25) is 9.59 Å². The summed E-state index contributed by atoms with van der Waals surface area (Å²) in [6, 6.07) is 31.9. The molecule has 176 valence electrons. The Morgan fingerprint density at radius 1 is 0.743 bits per heavy atom. The molecule has 4 aromatic carbocycles. The van der Waals surface area contributed by atoms with Gasteiger partial charge in [-0.05, 0) is 53.6 Å². The average molecular weight is 529 g/mol. The van der Waals surface area contributed by atoms with E-state index >= 15 is 0 Å². The van der Waals surface area contributed by atoms with Crippen molar-refractivity contribution in [2.24, 2.45) is 0 Å². The van der Waals surface area contributed by atoms with E-state index in [-0.39, 0.29) is 11.8 Å². The minimum absolute atomic E-state index is 0.173. The van der Waals surface area contributed by atoms with Crippen molar-refractivity contribution in [1.82, 2.24) is 5.32 Å². The molecule has 0 unspecified atom stereocenters. The second-order valence-electron chi connectivity index (χ2n) is 7.92. The first-order valence-corrected chi connectivity index (χ1v) is 12.1. The number of anilines is 1. The van der Waals surface area contributed by atoms with E-state index < -0.39 is 0 Å². The van der Waals surface area contributed by atoms with Gasteiger partial charge in [0.2, 0.25) is 0 Å². The summed E-state index contributed by atoms with van der Waals surface area (Å²) in [6.07, 6.45) is 0.742. The van der Waals surface area contributed by atoms with Gasteiger partial charge in [-0.25, -0.2) is 0 Å². The van der Waals surface area contributed by atoms with Gasteiger partial charge in [0.05, 0.1) is 12.2 Å². The molecular weight excluding hydrogens is 504 g/mol. The number of benzene rings is 4. The molecule has 0 aliphatic heterocycles. The Labute approximate surface area is 213 Å². The van der Waals surface area contributed by atoms with Crippen LogP contribution in [0.4, 0.5) is 5.69 Å². The lowest BCUT2D eigenvalue weighted by atomic mass is 10.1. The van der Waals surface area contributed by atoms with Gasteiger partial charge >= 0.3 is 0 Å². The number of nitrogens with one attached hydrogen (secondary N) is 2. The van der Waals surface area contributed by atoms with Crippen LogP contribution in [0.25, 0.3) is 0 Å². The fourth-order valence-electron chi connectivity index (χ4n) is 3.51. The first-order chi connectivity index (χ1) is 17.1. The van der Waals surface area contributed by atoms with E-state index in [1.807, 2.05) is 66.7 Å². The second-order valence-corrected chi connectivity index (χ2v) is 8.84. The van der Waals surface area contributed by atoms with Crippen LogP contribution in [0.3, 0.4) is 0 Å². The van der Waals surface area contributed by atoms with Crippen molar-refractivity contribution in [3.05, 3.63) is 130 Å². The maximum Gasteiger partial charge on any atom is 0.259 e. The van der Waals surface area contributed by atoms with Crippen LogP contribution >= 0.6 is 15.9 Å². The molecule has 0 fully saturated rings. The van der Waals surface area contributed by atoms with Crippen LogP contribution in [0.15, 0.2) is 108 Å². The average Bonchev–Trinajstić information content (AvgIpc) is 2.89. The number of carbonyl (C=O) groups is 2. The molecule has 2 amide bonds. The third kappa shape index (κ3) is 7.04. The lowest BCUT2D eigenvalue weighted by Crippen LogP contribution is -2.22. The first kappa shape index (κ1) is 24.2. The smallest absolute Gasteiger partial charge is 0.259 e. The zero-order valence-electron chi connectivity index (χ0n) is 19.0. The molecule has 0 bridgehead atoms. The SMILES string of the molecule is O=C(NCc1ccccc1)c1ccc(NC(=O)c2cc(Br)ccc2OCCc2ccccc2)cc1. The molecule has 0 aliphatic rings. The summed E-state index contributed by atoms with van der Waals surface area (Å²) in [5, 5.41) is 5.78. The van der Waals surface area contributed by atoms with Crippen LogP contribution in [-0.4, -0.2) is 18.4 Å². The van der Waals surface area contributed by atoms with Gasteiger partial charge in [0, 0.05) is 28.7 Å². The molecule has 0 spiro atoms. The largest absolute Gasteiger partial charge is 0.492 e. The second kappa shape index (κ2) is 12.0. The van der Waals surface area contributed by atoms with Crippen LogP contribution in [0, 0.1) is 0 Å². The number of halogens is 1. The number of hydrogen-bond acceptors (Lipinski definition) is 3. The molecule has 0 saturated carbocycles. The molecule has 0 saturated heterocycles. The Hall–Kier alpha value is -3.90. The third-order valence-corrected chi connectivity index (χ3v) is 5.87. The van der Waals surface area contributed by atoms with Gasteiger partial charge in [0.1, 0.15) is 5.75 Å². The maximum atomic E-state index is 13.0. The molecule has 0 heterocycles. The fraction of sp³-hybridized carbons (Fsp3) is 0.103. The quantitative estimate of drug-likeness (QED) is 0.269. The molecule has 0 atom stereocenters. The van der Waals surface area contributed by atoms with Gasteiger partial charge in [0.15, 0.2) is 0 Å². The van der Waals surface area contributed by atoms with Crippen molar-refractivity contribution in [3.63, 3.8) is 0 Å². The van der Waals surface area contributed by atoms with Crippen molar-refractivity contribution in [2.45, 2.75) is 13.0 Å². The van der Waals surface area contributed by atoms with Crippen LogP contribution in [0.5, 0.6) is 5.75 Å². The van der Waals surface area contributed by atoms with Crippen molar-refractivity contribution < 1.29 is 14.3 Å².